The van der Waals surface area contributed by atoms with E-state index in [9.17, 15) is 9.18 Å². The lowest BCUT2D eigenvalue weighted by molar-refractivity contribution is -0.118. The molecule has 4 nitrogen and oxygen atoms in total. The number of methoxy groups -OCH3 is 1. The third-order valence-electron chi connectivity index (χ3n) is 1.89. The van der Waals surface area contributed by atoms with E-state index in [1.807, 2.05) is 0 Å². The quantitative estimate of drug-likeness (QED) is 0.735. The summed E-state index contributed by atoms with van der Waals surface area (Å²) in [6.07, 6.45) is 0. The van der Waals surface area contributed by atoms with Gasteiger partial charge in [0.25, 0.3) is 5.91 Å². The molecule has 14 heavy (non-hydrogen) atoms. The van der Waals surface area contributed by atoms with Crippen LogP contribution in [-0.4, -0.2) is 19.6 Å². The number of carbonyl (C=O) groups excluding carboxylic acids is 1. The van der Waals surface area contributed by atoms with Crippen molar-refractivity contribution in [1.82, 2.24) is 0 Å². The molecule has 5 heteroatoms. The van der Waals surface area contributed by atoms with Crippen molar-refractivity contribution < 1.29 is 18.7 Å². The lowest BCUT2D eigenvalue weighted by atomic mass is 10.2. The van der Waals surface area contributed by atoms with E-state index in [1.54, 1.807) is 0 Å². The van der Waals surface area contributed by atoms with Crippen molar-refractivity contribution in [2.75, 3.05) is 19.0 Å². The normalized spacial score (nSPS) is 14.0. The van der Waals surface area contributed by atoms with E-state index in [2.05, 4.69) is 5.32 Å². The predicted molar refractivity (Wildman–Crippen MR) is 47.1 cm³/mol. The monoisotopic (exact) mass is 197 g/mol. The molecule has 1 aliphatic rings. The molecule has 1 heterocycles. The number of carbonyl (C=O) groups is 1. The summed E-state index contributed by atoms with van der Waals surface area (Å²) in [5.41, 5.74) is 0.333. The average Bonchev–Trinajstić information content (AvgIpc) is 2.16. The van der Waals surface area contributed by atoms with Gasteiger partial charge in [0.15, 0.2) is 18.2 Å². The van der Waals surface area contributed by atoms with Crippen LogP contribution < -0.4 is 14.8 Å². The molecule has 0 aliphatic carbocycles. The summed E-state index contributed by atoms with van der Waals surface area (Å²) in [5.74, 6) is -0.304. The smallest absolute Gasteiger partial charge is 0.262 e. The summed E-state index contributed by atoms with van der Waals surface area (Å²) in [4.78, 5) is 10.9. The van der Waals surface area contributed by atoms with Gasteiger partial charge in [0.05, 0.1) is 12.8 Å². The molecule has 1 aliphatic heterocycles. The topological polar surface area (TPSA) is 47.6 Å². The Bertz CT molecular complexity index is 392. The van der Waals surface area contributed by atoms with E-state index >= 15 is 0 Å². The van der Waals surface area contributed by atoms with Crippen LogP contribution in [0.3, 0.4) is 0 Å². The maximum atomic E-state index is 13.2. The van der Waals surface area contributed by atoms with Crippen LogP contribution in [0.15, 0.2) is 12.1 Å². The molecule has 2 rings (SSSR count). The van der Waals surface area contributed by atoms with Gasteiger partial charge >= 0.3 is 0 Å². The summed E-state index contributed by atoms with van der Waals surface area (Å²) in [5, 5.41) is 2.49. The zero-order valence-electron chi connectivity index (χ0n) is 7.46. The van der Waals surface area contributed by atoms with Crippen molar-refractivity contribution in [2.24, 2.45) is 0 Å². The number of anilines is 1. The van der Waals surface area contributed by atoms with Crippen molar-refractivity contribution in [1.29, 1.82) is 0 Å². The summed E-state index contributed by atoms with van der Waals surface area (Å²) < 4.78 is 23.0. The predicted octanol–water partition coefficient (Wildman–Crippen LogP) is 1.17. The van der Waals surface area contributed by atoms with Crippen LogP contribution in [0.1, 0.15) is 0 Å². The van der Waals surface area contributed by atoms with Gasteiger partial charge in [-0.1, -0.05) is 0 Å². The van der Waals surface area contributed by atoms with Gasteiger partial charge in [-0.25, -0.2) is 4.39 Å². The summed E-state index contributed by atoms with van der Waals surface area (Å²) >= 11 is 0. The summed E-state index contributed by atoms with van der Waals surface area (Å²) in [6, 6.07) is 2.58. The first kappa shape index (κ1) is 8.80. The van der Waals surface area contributed by atoms with Crippen LogP contribution in [0.4, 0.5) is 10.1 Å². The maximum Gasteiger partial charge on any atom is 0.262 e. The molecule has 0 aromatic heterocycles. The molecule has 0 saturated carbocycles. The SMILES string of the molecule is COc1cc2c(cc1F)NC(=O)CO2. The zero-order chi connectivity index (χ0) is 10.1. The number of nitrogens with one attached hydrogen (secondary N) is 1. The van der Waals surface area contributed by atoms with E-state index < -0.39 is 5.82 Å². The number of hydrogen-bond acceptors (Lipinski definition) is 3. The molecule has 1 aromatic carbocycles. The van der Waals surface area contributed by atoms with Gasteiger partial charge in [-0.05, 0) is 0 Å². The molecule has 1 amide bonds. The third-order valence-corrected chi connectivity index (χ3v) is 1.89. The Labute approximate surface area is 79.6 Å². The minimum Gasteiger partial charge on any atom is -0.494 e. The van der Waals surface area contributed by atoms with Crippen LogP contribution in [0.25, 0.3) is 0 Å². The third kappa shape index (κ3) is 1.37. The molecular weight excluding hydrogens is 189 g/mol. The molecule has 0 bridgehead atoms. The number of hydrogen-bond donors (Lipinski definition) is 1. The second-order valence-electron chi connectivity index (χ2n) is 2.82. The van der Waals surface area contributed by atoms with Gasteiger partial charge in [0, 0.05) is 12.1 Å². The summed E-state index contributed by atoms with van der Waals surface area (Å²) in [6.45, 7) is -0.0538. The Kier molecular flexibility index (Phi) is 1.99. The van der Waals surface area contributed by atoms with Crippen molar-refractivity contribution in [2.45, 2.75) is 0 Å². The van der Waals surface area contributed by atoms with E-state index in [4.69, 9.17) is 9.47 Å². The number of benzene rings is 1. The Morgan fingerprint density at radius 1 is 1.57 bits per heavy atom. The minimum absolute atomic E-state index is 0.0538. The van der Waals surface area contributed by atoms with Crippen LogP contribution >= 0.6 is 0 Å². The van der Waals surface area contributed by atoms with Crippen LogP contribution in [0.5, 0.6) is 11.5 Å². The van der Waals surface area contributed by atoms with Gasteiger partial charge in [0.2, 0.25) is 0 Å². The first-order chi connectivity index (χ1) is 6.70. The van der Waals surface area contributed by atoms with E-state index in [0.717, 1.165) is 0 Å². The molecule has 0 atom stereocenters. The number of ether oxygens (including phenoxy) is 2. The fraction of sp³-hybridized carbons (Fsp3) is 0.222. The fourth-order valence-corrected chi connectivity index (χ4v) is 1.24. The lowest BCUT2D eigenvalue weighted by Crippen LogP contribution is -2.25. The van der Waals surface area contributed by atoms with E-state index in [-0.39, 0.29) is 18.3 Å². The Morgan fingerprint density at radius 3 is 3.07 bits per heavy atom. The van der Waals surface area contributed by atoms with E-state index in [0.29, 0.717) is 11.4 Å². The van der Waals surface area contributed by atoms with Crippen LogP contribution in [0, 0.1) is 5.82 Å². The molecule has 0 radical (unpaired) electrons. The molecule has 1 aromatic rings. The van der Waals surface area contributed by atoms with Gasteiger partial charge in [-0.15, -0.1) is 0 Å². The van der Waals surface area contributed by atoms with Gasteiger partial charge in [0.1, 0.15) is 5.75 Å². The highest BCUT2D eigenvalue weighted by Gasteiger charge is 2.18. The van der Waals surface area contributed by atoms with Crippen molar-refractivity contribution in [3.63, 3.8) is 0 Å². The highest BCUT2D eigenvalue weighted by atomic mass is 19.1. The molecule has 0 saturated heterocycles. The average molecular weight is 197 g/mol. The zero-order valence-corrected chi connectivity index (χ0v) is 7.46. The number of amides is 1. The molecule has 0 spiro atoms. The lowest BCUT2D eigenvalue weighted by Gasteiger charge is -2.18. The first-order valence-electron chi connectivity index (χ1n) is 4.01. The van der Waals surface area contributed by atoms with Crippen molar-refractivity contribution in [3.8, 4) is 11.5 Å². The Morgan fingerprint density at radius 2 is 2.36 bits per heavy atom. The maximum absolute atomic E-state index is 13.2. The molecule has 1 N–H and O–H groups in total. The Balaban J connectivity index is 2.45. The fourth-order valence-electron chi connectivity index (χ4n) is 1.24. The second kappa shape index (κ2) is 3.17. The van der Waals surface area contributed by atoms with Crippen molar-refractivity contribution >= 4 is 11.6 Å². The van der Waals surface area contributed by atoms with Crippen molar-refractivity contribution in [3.05, 3.63) is 17.9 Å². The molecular formula is C9H8FNO3. The minimum atomic E-state index is -0.531. The standard InChI is InChI=1S/C9H8FNO3/c1-13-7-3-8-6(2-5(7)10)11-9(12)4-14-8/h2-3H,4H2,1H3,(H,11,12). The van der Waals surface area contributed by atoms with E-state index in [1.165, 1.54) is 19.2 Å². The largest absolute Gasteiger partial charge is 0.494 e. The highest BCUT2D eigenvalue weighted by molar-refractivity contribution is 5.95. The second-order valence-corrected chi connectivity index (χ2v) is 2.82. The first-order valence-corrected chi connectivity index (χ1v) is 4.01. The van der Waals surface area contributed by atoms with Gasteiger partial charge in [-0.3, -0.25) is 4.79 Å². The van der Waals surface area contributed by atoms with Crippen LogP contribution in [-0.2, 0) is 4.79 Å². The van der Waals surface area contributed by atoms with Gasteiger partial charge < -0.3 is 14.8 Å². The summed E-state index contributed by atoms with van der Waals surface area (Å²) in [7, 11) is 1.37. The molecule has 0 fully saturated rings. The number of halogens is 1. The highest BCUT2D eigenvalue weighted by Crippen LogP contribution is 2.33. The molecule has 0 unspecified atom stereocenters. The van der Waals surface area contributed by atoms with Crippen LogP contribution in [0.2, 0.25) is 0 Å². The Hall–Kier alpha value is -1.78. The number of rotatable bonds is 1. The van der Waals surface area contributed by atoms with Gasteiger partial charge in [-0.2, -0.15) is 0 Å². The number of fused-ring (bicyclic) bond motifs is 1. The molecule has 74 valence electrons.